The van der Waals surface area contributed by atoms with Crippen molar-refractivity contribution in [1.29, 1.82) is 0 Å². The second-order valence-corrected chi connectivity index (χ2v) is 7.96. The van der Waals surface area contributed by atoms with E-state index in [1.807, 2.05) is 18.2 Å². The summed E-state index contributed by atoms with van der Waals surface area (Å²) in [5.74, 6) is 0.401. The maximum absolute atomic E-state index is 12.8. The standard InChI is InChI=1S/C21H26F3N3/c22-21(23,24)17-8-6-15(7-9-17)12-25-18-10-11-20-26-19(14-27(20)13-18)16-4-2-1-3-5-16/h1-5,14-15,17-18,25H,6-13H2. The quantitative estimate of drug-likeness (QED) is 0.828. The predicted molar refractivity (Wildman–Crippen MR) is 99.3 cm³/mol. The molecular weight excluding hydrogens is 351 g/mol. The summed E-state index contributed by atoms with van der Waals surface area (Å²) in [6, 6.07) is 10.6. The van der Waals surface area contributed by atoms with E-state index in [0.29, 0.717) is 24.8 Å². The molecule has 0 saturated heterocycles. The Bertz CT molecular complexity index is 746. The van der Waals surface area contributed by atoms with E-state index >= 15 is 0 Å². The summed E-state index contributed by atoms with van der Waals surface area (Å²) >= 11 is 0. The van der Waals surface area contributed by atoms with E-state index in [-0.39, 0.29) is 12.8 Å². The zero-order chi connectivity index (χ0) is 18.9. The van der Waals surface area contributed by atoms with Crippen LogP contribution in [-0.2, 0) is 13.0 Å². The van der Waals surface area contributed by atoms with Gasteiger partial charge in [-0.25, -0.2) is 4.98 Å². The van der Waals surface area contributed by atoms with E-state index in [1.54, 1.807) is 0 Å². The predicted octanol–water partition coefficient (Wildman–Crippen LogP) is 4.82. The lowest BCUT2D eigenvalue weighted by Crippen LogP contribution is -2.40. The highest BCUT2D eigenvalue weighted by atomic mass is 19.4. The van der Waals surface area contributed by atoms with Crippen LogP contribution in [0.25, 0.3) is 11.3 Å². The molecule has 0 spiro atoms. The Morgan fingerprint density at radius 1 is 1.04 bits per heavy atom. The van der Waals surface area contributed by atoms with E-state index in [9.17, 15) is 13.2 Å². The van der Waals surface area contributed by atoms with Crippen LogP contribution in [0.3, 0.4) is 0 Å². The number of alkyl halides is 3. The van der Waals surface area contributed by atoms with E-state index < -0.39 is 12.1 Å². The molecule has 27 heavy (non-hydrogen) atoms. The summed E-state index contributed by atoms with van der Waals surface area (Å²) in [6.45, 7) is 1.71. The molecule has 1 atom stereocenters. The smallest absolute Gasteiger partial charge is 0.333 e. The van der Waals surface area contributed by atoms with Gasteiger partial charge >= 0.3 is 6.18 Å². The number of nitrogens with one attached hydrogen (secondary N) is 1. The molecule has 1 aromatic carbocycles. The summed E-state index contributed by atoms with van der Waals surface area (Å²) in [5.41, 5.74) is 2.14. The Morgan fingerprint density at radius 3 is 2.48 bits per heavy atom. The summed E-state index contributed by atoms with van der Waals surface area (Å²) in [6.07, 6.45) is 1.99. The van der Waals surface area contributed by atoms with Crippen molar-refractivity contribution >= 4 is 0 Å². The topological polar surface area (TPSA) is 29.9 Å². The Balaban J connectivity index is 1.29. The second kappa shape index (κ2) is 7.66. The minimum atomic E-state index is -4.02. The molecule has 0 bridgehead atoms. The number of imidazole rings is 1. The molecule has 0 radical (unpaired) electrons. The molecule has 2 aromatic rings. The van der Waals surface area contributed by atoms with E-state index in [1.165, 1.54) is 0 Å². The largest absolute Gasteiger partial charge is 0.391 e. The van der Waals surface area contributed by atoms with Gasteiger partial charge in [0.15, 0.2) is 0 Å². The monoisotopic (exact) mass is 377 g/mol. The van der Waals surface area contributed by atoms with E-state index in [2.05, 4.69) is 28.2 Å². The van der Waals surface area contributed by atoms with Crippen molar-refractivity contribution in [3.63, 3.8) is 0 Å². The molecular formula is C21H26F3N3. The number of hydrogen-bond acceptors (Lipinski definition) is 2. The lowest BCUT2D eigenvalue weighted by molar-refractivity contribution is -0.183. The van der Waals surface area contributed by atoms with Gasteiger partial charge in [0.25, 0.3) is 0 Å². The molecule has 2 heterocycles. The van der Waals surface area contributed by atoms with Gasteiger partial charge in [-0.2, -0.15) is 13.2 Å². The van der Waals surface area contributed by atoms with Crippen molar-refractivity contribution in [3.8, 4) is 11.3 Å². The third-order valence-electron chi connectivity index (χ3n) is 6.07. The second-order valence-electron chi connectivity index (χ2n) is 7.96. The van der Waals surface area contributed by atoms with Crippen LogP contribution in [0, 0.1) is 11.8 Å². The zero-order valence-corrected chi connectivity index (χ0v) is 15.4. The van der Waals surface area contributed by atoms with Crippen molar-refractivity contribution < 1.29 is 13.2 Å². The van der Waals surface area contributed by atoms with Gasteiger partial charge in [0.2, 0.25) is 0 Å². The molecule has 0 amide bonds. The fourth-order valence-electron chi connectivity index (χ4n) is 4.39. The van der Waals surface area contributed by atoms with Crippen LogP contribution in [0.5, 0.6) is 0 Å². The van der Waals surface area contributed by atoms with Gasteiger partial charge in [-0.1, -0.05) is 30.3 Å². The SMILES string of the molecule is FC(F)(F)C1CCC(CNC2CCc3nc(-c4ccccc4)cn3C2)CC1. The molecule has 1 unspecified atom stereocenters. The normalized spacial score (nSPS) is 26.0. The average Bonchev–Trinajstić information content (AvgIpc) is 3.10. The lowest BCUT2D eigenvalue weighted by atomic mass is 9.81. The van der Waals surface area contributed by atoms with Gasteiger partial charge in [-0.3, -0.25) is 0 Å². The van der Waals surface area contributed by atoms with Crippen LogP contribution >= 0.6 is 0 Å². The van der Waals surface area contributed by atoms with Gasteiger partial charge in [0.1, 0.15) is 5.82 Å². The number of fused-ring (bicyclic) bond motifs is 1. The average molecular weight is 377 g/mol. The van der Waals surface area contributed by atoms with Crippen molar-refractivity contribution in [2.45, 2.75) is 57.3 Å². The van der Waals surface area contributed by atoms with Crippen LogP contribution < -0.4 is 5.32 Å². The summed E-state index contributed by atoms with van der Waals surface area (Å²) in [7, 11) is 0. The molecule has 1 fully saturated rings. The molecule has 146 valence electrons. The first kappa shape index (κ1) is 18.5. The van der Waals surface area contributed by atoms with Crippen LogP contribution in [-0.4, -0.2) is 28.3 Å². The Hall–Kier alpha value is -1.82. The van der Waals surface area contributed by atoms with Gasteiger partial charge in [-0.05, 0) is 44.6 Å². The number of nitrogens with zero attached hydrogens (tertiary/aromatic N) is 2. The summed E-state index contributed by atoms with van der Waals surface area (Å²) < 4.78 is 40.6. The fourth-order valence-corrected chi connectivity index (χ4v) is 4.39. The first-order valence-corrected chi connectivity index (χ1v) is 9.90. The minimum absolute atomic E-state index is 0.284. The number of aryl methyl sites for hydroxylation is 1. The first-order chi connectivity index (χ1) is 13.0. The molecule has 1 N–H and O–H groups in total. The molecule has 1 aliphatic heterocycles. The summed E-state index contributed by atoms with van der Waals surface area (Å²) in [4.78, 5) is 4.77. The molecule has 1 saturated carbocycles. The van der Waals surface area contributed by atoms with Crippen LogP contribution in [0.4, 0.5) is 13.2 Å². The Labute approximate surface area is 158 Å². The highest BCUT2D eigenvalue weighted by Gasteiger charge is 2.41. The van der Waals surface area contributed by atoms with Gasteiger partial charge in [0.05, 0.1) is 11.6 Å². The van der Waals surface area contributed by atoms with Crippen LogP contribution in [0.1, 0.15) is 37.9 Å². The highest BCUT2D eigenvalue weighted by Crippen LogP contribution is 2.39. The highest BCUT2D eigenvalue weighted by molar-refractivity contribution is 5.58. The van der Waals surface area contributed by atoms with Crippen molar-refractivity contribution in [2.24, 2.45) is 11.8 Å². The van der Waals surface area contributed by atoms with Crippen LogP contribution in [0.2, 0.25) is 0 Å². The minimum Gasteiger partial charge on any atom is -0.333 e. The van der Waals surface area contributed by atoms with E-state index in [0.717, 1.165) is 43.0 Å². The molecule has 1 aliphatic carbocycles. The number of halogens is 3. The number of rotatable bonds is 4. The third-order valence-corrected chi connectivity index (χ3v) is 6.07. The Morgan fingerprint density at radius 2 is 1.78 bits per heavy atom. The zero-order valence-electron chi connectivity index (χ0n) is 15.4. The van der Waals surface area contributed by atoms with Crippen molar-refractivity contribution in [2.75, 3.05) is 6.54 Å². The fraction of sp³-hybridized carbons (Fsp3) is 0.571. The van der Waals surface area contributed by atoms with Crippen molar-refractivity contribution in [3.05, 3.63) is 42.4 Å². The number of aromatic nitrogens is 2. The van der Waals surface area contributed by atoms with Gasteiger partial charge < -0.3 is 9.88 Å². The molecule has 2 aliphatic rings. The van der Waals surface area contributed by atoms with E-state index in [4.69, 9.17) is 4.98 Å². The third kappa shape index (κ3) is 4.37. The maximum Gasteiger partial charge on any atom is 0.391 e. The van der Waals surface area contributed by atoms with Gasteiger partial charge in [0, 0.05) is 30.8 Å². The number of benzene rings is 1. The molecule has 1 aromatic heterocycles. The van der Waals surface area contributed by atoms with Crippen molar-refractivity contribution in [1.82, 2.24) is 14.9 Å². The maximum atomic E-state index is 12.8. The van der Waals surface area contributed by atoms with Crippen LogP contribution in [0.15, 0.2) is 36.5 Å². The molecule has 3 nitrogen and oxygen atoms in total. The molecule has 6 heteroatoms. The molecule has 4 rings (SSSR count). The first-order valence-electron chi connectivity index (χ1n) is 9.90. The van der Waals surface area contributed by atoms with Gasteiger partial charge in [-0.15, -0.1) is 0 Å². The number of hydrogen-bond donors (Lipinski definition) is 1. The lowest BCUT2D eigenvalue weighted by Gasteiger charge is -2.32. The Kier molecular flexibility index (Phi) is 5.26. The summed E-state index contributed by atoms with van der Waals surface area (Å²) in [5, 5.41) is 3.60.